The van der Waals surface area contributed by atoms with E-state index in [-0.39, 0.29) is 17.5 Å². The van der Waals surface area contributed by atoms with Crippen LogP contribution >= 0.6 is 24.0 Å². The van der Waals surface area contributed by atoms with Gasteiger partial charge in [0.2, 0.25) is 17.5 Å². The molecule has 0 radical (unpaired) electrons. The number of carbonyl (C=O) groups excluding carboxylic acids is 1. The first kappa shape index (κ1) is 15.1. The Morgan fingerprint density at radius 1 is 1.41 bits per heavy atom. The van der Waals surface area contributed by atoms with Gasteiger partial charge in [-0.1, -0.05) is 24.0 Å². The number of hydrogen-bond acceptors (Lipinski definition) is 7. The first-order valence-electron chi connectivity index (χ1n) is 6.97. The zero-order valence-corrected chi connectivity index (χ0v) is 13.7. The lowest BCUT2D eigenvalue weighted by molar-refractivity contribution is -0.121. The van der Waals surface area contributed by atoms with Crippen LogP contribution in [0, 0.1) is 11.3 Å². The summed E-state index contributed by atoms with van der Waals surface area (Å²) >= 11 is 6.29. The Bertz CT molecular complexity index is 698. The summed E-state index contributed by atoms with van der Waals surface area (Å²) in [5.74, 6) is 0.595. The molecule has 0 N–H and O–H groups in total. The molecule has 2 fully saturated rings. The first-order chi connectivity index (χ1) is 10.6. The van der Waals surface area contributed by atoms with Crippen LogP contribution in [-0.4, -0.2) is 40.2 Å². The molecule has 1 amide bonds. The predicted molar refractivity (Wildman–Crippen MR) is 88.2 cm³/mol. The topological polar surface area (TPSA) is 73.4 Å². The molecule has 0 aromatic carbocycles. The Balaban J connectivity index is 1.90. The van der Waals surface area contributed by atoms with Crippen molar-refractivity contribution in [3.8, 4) is 6.07 Å². The molecule has 0 saturated carbocycles. The molecule has 6 nitrogen and oxygen atoms in total. The fraction of sp³-hybridized carbons (Fsp3) is 0.429. The fourth-order valence-corrected chi connectivity index (χ4v) is 3.58. The van der Waals surface area contributed by atoms with Crippen LogP contribution in [0.15, 0.2) is 9.32 Å². The minimum atomic E-state index is -0.175. The van der Waals surface area contributed by atoms with E-state index in [4.69, 9.17) is 16.6 Å². The van der Waals surface area contributed by atoms with Gasteiger partial charge in [0.25, 0.3) is 5.91 Å². The van der Waals surface area contributed by atoms with E-state index in [1.165, 1.54) is 23.1 Å². The van der Waals surface area contributed by atoms with Crippen molar-refractivity contribution < 1.29 is 9.21 Å². The number of nitrogens with zero attached hydrogens (tertiary/aromatic N) is 4. The van der Waals surface area contributed by atoms with Crippen molar-refractivity contribution in [1.29, 1.82) is 5.26 Å². The Kier molecular flexibility index (Phi) is 4.18. The maximum absolute atomic E-state index is 12.0. The third kappa shape index (κ3) is 2.74. The molecule has 2 aliphatic heterocycles. The Morgan fingerprint density at radius 2 is 2.14 bits per heavy atom. The molecule has 3 heterocycles. The summed E-state index contributed by atoms with van der Waals surface area (Å²) in [4.78, 5) is 20.1. The van der Waals surface area contributed by atoms with Gasteiger partial charge in [-0.2, -0.15) is 10.2 Å². The third-order valence-corrected chi connectivity index (χ3v) is 5.10. The molecule has 0 aliphatic carbocycles. The number of oxazole rings is 1. The SMILES string of the molecule is CN1C(=O)C(=Cc2nc(C#N)c(N3CCCCC3)o2)SC1=S. The number of thiocarbonyl (C=S) groups is 1. The monoisotopic (exact) mass is 334 g/mol. The number of carbonyl (C=O) groups is 1. The number of anilines is 1. The first-order valence-corrected chi connectivity index (χ1v) is 8.20. The van der Waals surface area contributed by atoms with Crippen molar-refractivity contribution in [3.63, 3.8) is 0 Å². The molecule has 2 aliphatic rings. The van der Waals surface area contributed by atoms with Crippen LogP contribution in [0.3, 0.4) is 0 Å². The summed E-state index contributed by atoms with van der Waals surface area (Å²) in [5, 5.41) is 9.24. The highest BCUT2D eigenvalue weighted by atomic mass is 32.2. The lowest BCUT2D eigenvalue weighted by Gasteiger charge is -2.25. The minimum Gasteiger partial charge on any atom is -0.420 e. The van der Waals surface area contributed by atoms with Crippen LogP contribution in [0.5, 0.6) is 0 Å². The van der Waals surface area contributed by atoms with Crippen molar-refractivity contribution in [3.05, 3.63) is 16.5 Å². The molecule has 114 valence electrons. The number of thioether (sulfide) groups is 1. The van der Waals surface area contributed by atoms with E-state index in [1.807, 2.05) is 4.90 Å². The maximum atomic E-state index is 12.0. The highest BCUT2D eigenvalue weighted by Gasteiger charge is 2.30. The van der Waals surface area contributed by atoms with E-state index in [0.29, 0.717) is 15.1 Å². The van der Waals surface area contributed by atoms with Crippen molar-refractivity contribution in [2.24, 2.45) is 0 Å². The number of aromatic nitrogens is 1. The third-order valence-electron chi connectivity index (χ3n) is 3.62. The van der Waals surface area contributed by atoms with E-state index in [9.17, 15) is 10.1 Å². The molecule has 8 heteroatoms. The van der Waals surface area contributed by atoms with Gasteiger partial charge in [-0.05, 0) is 19.3 Å². The molecule has 1 aromatic heterocycles. The molecule has 22 heavy (non-hydrogen) atoms. The average Bonchev–Trinajstić information content (AvgIpc) is 3.05. The van der Waals surface area contributed by atoms with Gasteiger partial charge >= 0.3 is 0 Å². The number of piperidine rings is 1. The van der Waals surface area contributed by atoms with Crippen molar-refractivity contribution in [1.82, 2.24) is 9.88 Å². The minimum absolute atomic E-state index is 0.175. The van der Waals surface area contributed by atoms with E-state index < -0.39 is 0 Å². The summed E-state index contributed by atoms with van der Waals surface area (Å²) in [7, 11) is 1.63. The number of likely N-dealkylation sites (N-methyl/N-ethyl adjacent to an activating group) is 1. The Morgan fingerprint density at radius 3 is 2.73 bits per heavy atom. The largest absolute Gasteiger partial charge is 0.420 e. The van der Waals surface area contributed by atoms with Gasteiger partial charge in [0, 0.05) is 26.2 Å². The molecule has 1 aromatic rings. The van der Waals surface area contributed by atoms with Gasteiger partial charge in [-0.25, -0.2) is 0 Å². The standard InChI is InChI=1S/C14H14N4O2S2/c1-17-12(19)10(22-14(17)21)7-11-16-9(8-15)13(20-11)18-5-3-2-4-6-18/h7H,2-6H2,1H3. The molecule has 0 bridgehead atoms. The zero-order chi connectivity index (χ0) is 15.7. The van der Waals surface area contributed by atoms with E-state index in [0.717, 1.165) is 25.9 Å². The molecule has 0 atom stereocenters. The van der Waals surface area contributed by atoms with Crippen molar-refractivity contribution in [2.75, 3.05) is 25.0 Å². The van der Waals surface area contributed by atoms with Gasteiger partial charge in [0.1, 0.15) is 10.4 Å². The van der Waals surface area contributed by atoms with Gasteiger partial charge in [-0.15, -0.1) is 0 Å². The lowest BCUT2D eigenvalue weighted by Crippen LogP contribution is -2.29. The van der Waals surface area contributed by atoms with Gasteiger partial charge < -0.3 is 9.32 Å². The van der Waals surface area contributed by atoms with Crippen molar-refractivity contribution in [2.45, 2.75) is 19.3 Å². The number of amides is 1. The highest BCUT2D eigenvalue weighted by molar-refractivity contribution is 8.26. The van der Waals surface area contributed by atoms with Crippen LogP contribution in [0.1, 0.15) is 30.8 Å². The summed E-state index contributed by atoms with van der Waals surface area (Å²) in [6.45, 7) is 1.72. The number of rotatable bonds is 2. The quantitative estimate of drug-likeness (QED) is 0.607. The van der Waals surface area contributed by atoms with Gasteiger partial charge in [-0.3, -0.25) is 9.69 Å². The Labute approximate surface area is 137 Å². The van der Waals surface area contributed by atoms with Crippen LogP contribution < -0.4 is 4.90 Å². The second-order valence-electron chi connectivity index (χ2n) is 5.11. The van der Waals surface area contributed by atoms with E-state index >= 15 is 0 Å². The molecular weight excluding hydrogens is 320 g/mol. The molecule has 0 unspecified atom stereocenters. The van der Waals surface area contributed by atoms with Crippen LogP contribution in [0.25, 0.3) is 6.08 Å². The summed E-state index contributed by atoms with van der Waals surface area (Å²) in [6, 6.07) is 2.06. The predicted octanol–water partition coefficient (Wildman–Crippen LogP) is 2.37. The fourth-order valence-electron chi connectivity index (χ4n) is 2.43. The van der Waals surface area contributed by atoms with Crippen LogP contribution in [0.4, 0.5) is 5.88 Å². The number of hydrogen-bond donors (Lipinski definition) is 0. The molecule has 3 rings (SSSR count). The second-order valence-corrected chi connectivity index (χ2v) is 6.78. The lowest BCUT2D eigenvalue weighted by atomic mass is 10.1. The zero-order valence-electron chi connectivity index (χ0n) is 12.0. The average molecular weight is 334 g/mol. The van der Waals surface area contributed by atoms with Crippen LogP contribution in [0.2, 0.25) is 0 Å². The molecular formula is C14H14N4O2S2. The van der Waals surface area contributed by atoms with Crippen molar-refractivity contribution >= 4 is 46.2 Å². The number of nitriles is 1. The normalized spacial score (nSPS) is 20.8. The summed E-state index contributed by atoms with van der Waals surface area (Å²) in [5.41, 5.74) is 0.264. The maximum Gasteiger partial charge on any atom is 0.266 e. The van der Waals surface area contributed by atoms with Gasteiger partial charge in [0.05, 0.1) is 4.91 Å². The Hall–Kier alpha value is -1.85. The molecule has 2 saturated heterocycles. The summed E-state index contributed by atoms with van der Waals surface area (Å²) in [6.07, 6.45) is 4.90. The summed E-state index contributed by atoms with van der Waals surface area (Å²) < 4.78 is 6.21. The van der Waals surface area contributed by atoms with Crippen LogP contribution in [-0.2, 0) is 4.79 Å². The van der Waals surface area contributed by atoms with Gasteiger partial charge in [0.15, 0.2) is 0 Å². The van der Waals surface area contributed by atoms with E-state index in [2.05, 4.69) is 11.1 Å². The second kappa shape index (κ2) is 6.10. The molecule has 0 spiro atoms. The van der Waals surface area contributed by atoms with E-state index in [1.54, 1.807) is 13.1 Å². The smallest absolute Gasteiger partial charge is 0.266 e. The highest BCUT2D eigenvalue weighted by Crippen LogP contribution is 2.32.